The van der Waals surface area contributed by atoms with Gasteiger partial charge in [-0.2, -0.15) is 0 Å². The highest BCUT2D eigenvalue weighted by atomic mass is 16.2. The molecule has 150 valence electrons. The van der Waals surface area contributed by atoms with E-state index in [1.807, 2.05) is 29.2 Å². The molecule has 0 radical (unpaired) electrons. The zero-order chi connectivity index (χ0) is 20.4. The zero-order valence-corrected chi connectivity index (χ0v) is 16.4. The Balaban J connectivity index is 1.56. The second-order valence-corrected chi connectivity index (χ2v) is 7.53. The minimum atomic E-state index is -0.394. The largest absolute Gasteiger partial charge is 0.329 e. The lowest BCUT2D eigenvalue weighted by molar-refractivity contribution is -0.125. The second kappa shape index (κ2) is 8.05. The van der Waals surface area contributed by atoms with Gasteiger partial charge in [0, 0.05) is 25.2 Å². The van der Waals surface area contributed by atoms with Crippen LogP contribution in [-0.2, 0) is 11.3 Å². The van der Waals surface area contributed by atoms with Crippen molar-refractivity contribution >= 4 is 17.8 Å². The molecule has 1 N–H and O–H groups in total. The zero-order valence-electron chi connectivity index (χ0n) is 16.4. The Hall–Kier alpha value is -3.19. The Labute approximate surface area is 169 Å². The topological polar surface area (TPSA) is 73.0 Å². The average Bonchev–Trinajstić information content (AvgIpc) is 3.06. The van der Waals surface area contributed by atoms with Crippen LogP contribution in [0.1, 0.15) is 27.5 Å². The van der Waals surface area contributed by atoms with Gasteiger partial charge in [-0.15, -0.1) is 0 Å². The molecule has 4 amide bonds. The van der Waals surface area contributed by atoms with Crippen LogP contribution in [0.4, 0.5) is 4.79 Å². The summed E-state index contributed by atoms with van der Waals surface area (Å²) < 4.78 is 0. The normalized spacial score (nSPS) is 20.1. The van der Waals surface area contributed by atoms with E-state index in [-0.39, 0.29) is 30.9 Å². The van der Waals surface area contributed by atoms with Crippen LogP contribution < -0.4 is 5.32 Å². The first-order valence-corrected chi connectivity index (χ1v) is 9.74. The monoisotopic (exact) mass is 392 g/mol. The van der Waals surface area contributed by atoms with Crippen LogP contribution >= 0.6 is 0 Å². The standard InChI is InChI=1S/C22H24N4O3/c1-24-10-11-25(19(15-24)17-7-3-2-4-8-17)21(28)18-9-5-6-16(12-18)14-26-20(27)13-23-22(26)29/h2-9,12,19H,10-11,13-15H2,1H3,(H,23,29). The molecule has 0 bridgehead atoms. The molecule has 2 heterocycles. The SMILES string of the molecule is CN1CCN(C(=O)c2cccc(CN3C(=O)CNC3=O)c2)C(c2ccccc2)C1. The predicted octanol–water partition coefficient (Wildman–Crippen LogP) is 1.87. The molecule has 4 rings (SSSR count). The number of rotatable bonds is 4. The number of nitrogens with zero attached hydrogens (tertiary/aromatic N) is 3. The van der Waals surface area contributed by atoms with Gasteiger partial charge in [0.15, 0.2) is 0 Å². The molecule has 0 spiro atoms. The molecule has 0 saturated carbocycles. The lowest BCUT2D eigenvalue weighted by Gasteiger charge is -2.40. The summed E-state index contributed by atoms with van der Waals surface area (Å²) in [5.41, 5.74) is 2.44. The lowest BCUT2D eigenvalue weighted by Crippen LogP contribution is -2.49. The van der Waals surface area contributed by atoms with Crippen molar-refractivity contribution in [3.63, 3.8) is 0 Å². The molecular weight excluding hydrogens is 368 g/mol. The Morgan fingerprint density at radius 2 is 1.86 bits per heavy atom. The maximum absolute atomic E-state index is 13.4. The van der Waals surface area contributed by atoms with E-state index in [1.165, 1.54) is 4.90 Å². The number of carbonyl (C=O) groups is 3. The van der Waals surface area contributed by atoms with E-state index < -0.39 is 6.03 Å². The van der Waals surface area contributed by atoms with Crippen molar-refractivity contribution in [1.29, 1.82) is 0 Å². The first-order chi connectivity index (χ1) is 14.0. The maximum atomic E-state index is 13.4. The van der Waals surface area contributed by atoms with Gasteiger partial charge in [-0.05, 0) is 30.3 Å². The van der Waals surface area contributed by atoms with Crippen LogP contribution in [0.2, 0.25) is 0 Å². The molecule has 2 aromatic rings. The smallest absolute Gasteiger partial charge is 0.324 e. The summed E-state index contributed by atoms with van der Waals surface area (Å²) in [4.78, 5) is 42.3. The number of benzene rings is 2. The second-order valence-electron chi connectivity index (χ2n) is 7.53. The molecular formula is C22H24N4O3. The first-order valence-electron chi connectivity index (χ1n) is 9.74. The van der Waals surface area contributed by atoms with E-state index in [0.29, 0.717) is 12.1 Å². The molecule has 1 atom stereocenters. The molecule has 7 heteroatoms. The van der Waals surface area contributed by atoms with Gasteiger partial charge in [-0.3, -0.25) is 14.5 Å². The van der Waals surface area contributed by atoms with Crippen LogP contribution in [0.3, 0.4) is 0 Å². The maximum Gasteiger partial charge on any atom is 0.324 e. The van der Waals surface area contributed by atoms with E-state index in [1.54, 1.807) is 18.2 Å². The molecule has 2 aliphatic rings. The van der Waals surface area contributed by atoms with E-state index in [9.17, 15) is 14.4 Å². The van der Waals surface area contributed by atoms with Gasteiger partial charge in [-0.25, -0.2) is 4.79 Å². The molecule has 29 heavy (non-hydrogen) atoms. The van der Waals surface area contributed by atoms with Crippen LogP contribution in [0.15, 0.2) is 54.6 Å². The van der Waals surface area contributed by atoms with Crippen molar-refractivity contribution in [3.05, 3.63) is 71.3 Å². The Morgan fingerprint density at radius 1 is 1.07 bits per heavy atom. The van der Waals surface area contributed by atoms with Gasteiger partial charge in [0.2, 0.25) is 5.91 Å². The summed E-state index contributed by atoms with van der Waals surface area (Å²) in [7, 11) is 2.07. The van der Waals surface area contributed by atoms with Gasteiger partial charge in [0.25, 0.3) is 5.91 Å². The highest BCUT2D eigenvalue weighted by molar-refractivity contribution is 6.02. The summed E-state index contributed by atoms with van der Waals surface area (Å²) in [6.07, 6.45) is 0. The van der Waals surface area contributed by atoms with Gasteiger partial charge in [0.05, 0.1) is 19.1 Å². The number of piperazine rings is 1. The molecule has 1 unspecified atom stereocenters. The summed E-state index contributed by atoms with van der Waals surface area (Å²) in [5, 5.41) is 2.51. The van der Waals surface area contributed by atoms with Gasteiger partial charge < -0.3 is 15.1 Å². The fourth-order valence-corrected chi connectivity index (χ4v) is 3.89. The number of hydrogen-bond acceptors (Lipinski definition) is 4. The van der Waals surface area contributed by atoms with Gasteiger partial charge in [-0.1, -0.05) is 42.5 Å². The van der Waals surface area contributed by atoms with E-state index >= 15 is 0 Å². The third-order valence-corrected chi connectivity index (χ3v) is 5.48. The van der Waals surface area contributed by atoms with Gasteiger partial charge in [0.1, 0.15) is 0 Å². The lowest BCUT2D eigenvalue weighted by atomic mass is 10.0. The number of carbonyl (C=O) groups excluding carboxylic acids is 3. The van der Waals surface area contributed by atoms with E-state index in [0.717, 1.165) is 24.2 Å². The Bertz CT molecular complexity index is 915. The highest BCUT2D eigenvalue weighted by Crippen LogP contribution is 2.27. The highest BCUT2D eigenvalue weighted by Gasteiger charge is 2.31. The van der Waals surface area contributed by atoms with Crippen molar-refractivity contribution in [2.45, 2.75) is 12.6 Å². The third-order valence-electron chi connectivity index (χ3n) is 5.48. The van der Waals surface area contributed by atoms with Crippen molar-refractivity contribution in [2.24, 2.45) is 0 Å². The fraction of sp³-hybridized carbons (Fsp3) is 0.318. The third kappa shape index (κ3) is 4.00. The predicted molar refractivity (Wildman–Crippen MR) is 108 cm³/mol. The Morgan fingerprint density at radius 3 is 2.59 bits per heavy atom. The number of likely N-dealkylation sites (N-methyl/N-ethyl adjacent to an activating group) is 1. The van der Waals surface area contributed by atoms with Crippen LogP contribution in [-0.4, -0.2) is 65.8 Å². The van der Waals surface area contributed by atoms with Crippen LogP contribution in [0.25, 0.3) is 0 Å². The summed E-state index contributed by atoms with van der Waals surface area (Å²) >= 11 is 0. The minimum absolute atomic E-state index is 0.0166. The van der Waals surface area contributed by atoms with E-state index in [2.05, 4.69) is 29.4 Å². The minimum Gasteiger partial charge on any atom is -0.329 e. The number of urea groups is 1. The average molecular weight is 392 g/mol. The van der Waals surface area contributed by atoms with Crippen LogP contribution in [0.5, 0.6) is 0 Å². The molecule has 7 nitrogen and oxygen atoms in total. The Kier molecular flexibility index (Phi) is 5.31. The molecule has 0 aromatic heterocycles. The van der Waals surface area contributed by atoms with E-state index in [4.69, 9.17) is 0 Å². The summed E-state index contributed by atoms with van der Waals surface area (Å²) in [5.74, 6) is -0.291. The van der Waals surface area contributed by atoms with Crippen molar-refractivity contribution in [3.8, 4) is 0 Å². The fourth-order valence-electron chi connectivity index (χ4n) is 3.89. The van der Waals surface area contributed by atoms with Gasteiger partial charge >= 0.3 is 6.03 Å². The van der Waals surface area contributed by atoms with Crippen molar-refractivity contribution in [2.75, 3.05) is 33.2 Å². The molecule has 2 aliphatic heterocycles. The van der Waals surface area contributed by atoms with Crippen molar-refractivity contribution < 1.29 is 14.4 Å². The van der Waals surface area contributed by atoms with Crippen LogP contribution in [0, 0.1) is 0 Å². The summed E-state index contributed by atoms with van der Waals surface area (Å²) in [6.45, 7) is 2.43. The number of amides is 4. The summed E-state index contributed by atoms with van der Waals surface area (Å²) in [6, 6.07) is 16.9. The first kappa shape index (κ1) is 19.1. The number of imide groups is 1. The molecule has 2 aromatic carbocycles. The molecule has 2 fully saturated rings. The molecule has 2 saturated heterocycles. The number of nitrogens with one attached hydrogen (secondary N) is 1. The van der Waals surface area contributed by atoms with Crippen molar-refractivity contribution in [1.82, 2.24) is 20.0 Å². The molecule has 0 aliphatic carbocycles. The number of hydrogen-bond donors (Lipinski definition) is 1. The quantitative estimate of drug-likeness (QED) is 0.807.